The Labute approximate surface area is 111 Å². The molecule has 0 radical (unpaired) electrons. The maximum absolute atomic E-state index is 13.1. The zero-order valence-corrected chi connectivity index (χ0v) is 10.9. The summed E-state index contributed by atoms with van der Waals surface area (Å²) in [7, 11) is 0. The summed E-state index contributed by atoms with van der Waals surface area (Å²) < 4.78 is 13.1. The van der Waals surface area contributed by atoms with E-state index < -0.39 is 5.82 Å². The summed E-state index contributed by atoms with van der Waals surface area (Å²) >= 11 is 0. The maximum atomic E-state index is 13.1. The number of nitrogens with one attached hydrogen (secondary N) is 1. The first kappa shape index (κ1) is 15.4. The molecule has 0 aliphatic rings. The van der Waals surface area contributed by atoms with Crippen molar-refractivity contribution in [2.75, 3.05) is 6.54 Å². The number of benzene rings is 1. The number of hydrogen-bond donors (Lipinski definition) is 4. The predicted molar refractivity (Wildman–Crippen MR) is 71.5 cm³/mol. The SMILES string of the molecule is CCC(O)CCNCc1ccc(F)cc1/C(N)=N/O. The predicted octanol–water partition coefficient (Wildman–Crippen LogP) is 1.17. The number of aliphatic hydroxyl groups is 1. The third kappa shape index (κ3) is 4.84. The fourth-order valence-corrected chi connectivity index (χ4v) is 1.69. The number of nitrogens with two attached hydrogens (primary N) is 1. The molecule has 0 spiro atoms. The van der Waals surface area contributed by atoms with E-state index in [1.54, 1.807) is 6.07 Å². The molecule has 19 heavy (non-hydrogen) atoms. The minimum Gasteiger partial charge on any atom is -0.409 e. The molecule has 0 saturated carbocycles. The lowest BCUT2D eigenvalue weighted by atomic mass is 10.1. The molecule has 0 saturated heterocycles. The van der Waals surface area contributed by atoms with Crippen LogP contribution in [0.2, 0.25) is 0 Å². The second-order valence-electron chi connectivity index (χ2n) is 4.31. The van der Waals surface area contributed by atoms with Crippen molar-refractivity contribution in [3.8, 4) is 0 Å². The molecule has 0 heterocycles. The monoisotopic (exact) mass is 269 g/mol. The van der Waals surface area contributed by atoms with Crippen LogP contribution in [0.1, 0.15) is 30.9 Å². The van der Waals surface area contributed by atoms with Gasteiger partial charge in [0.2, 0.25) is 0 Å². The molecule has 0 aliphatic carbocycles. The van der Waals surface area contributed by atoms with Crippen LogP contribution in [0.5, 0.6) is 0 Å². The van der Waals surface area contributed by atoms with Crippen molar-refractivity contribution >= 4 is 5.84 Å². The van der Waals surface area contributed by atoms with Crippen LogP contribution in [0.4, 0.5) is 4.39 Å². The van der Waals surface area contributed by atoms with E-state index in [9.17, 15) is 9.50 Å². The molecule has 0 amide bonds. The van der Waals surface area contributed by atoms with E-state index in [2.05, 4.69) is 10.5 Å². The molecule has 0 fully saturated rings. The maximum Gasteiger partial charge on any atom is 0.170 e. The zero-order valence-electron chi connectivity index (χ0n) is 10.9. The highest BCUT2D eigenvalue weighted by molar-refractivity contribution is 5.98. The number of halogens is 1. The molecule has 5 N–H and O–H groups in total. The Morgan fingerprint density at radius 1 is 1.53 bits per heavy atom. The minimum atomic E-state index is -0.438. The van der Waals surface area contributed by atoms with Crippen molar-refractivity contribution in [2.24, 2.45) is 10.9 Å². The van der Waals surface area contributed by atoms with Crippen LogP contribution in [-0.4, -0.2) is 28.8 Å². The van der Waals surface area contributed by atoms with Crippen LogP contribution in [0.25, 0.3) is 0 Å². The lowest BCUT2D eigenvalue weighted by Crippen LogP contribution is -2.23. The van der Waals surface area contributed by atoms with Crippen LogP contribution < -0.4 is 11.1 Å². The summed E-state index contributed by atoms with van der Waals surface area (Å²) in [5, 5.41) is 24.1. The Bertz CT molecular complexity index is 438. The van der Waals surface area contributed by atoms with Gasteiger partial charge < -0.3 is 21.4 Å². The van der Waals surface area contributed by atoms with Gasteiger partial charge in [0.1, 0.15) is 5.82 Å². The molecule has 5 nitrogen and oxygen atoms in total. The molecule has 1 aromatic rings. The van der Waals surface area contributed by atoms with E-state index in [0.29, 0.717) is 31.5 Å². The first-order valence-electron chi connectivity index (χ1n) is 6.23. The normalized spacial score (nSPS) is 13.5. The van der Waals surface area contributed by atoms with Gasteiger partial charge in [0.05, 0.1) is 6.10 Å². The average Bonchev–Trinajstić information content (AvgIpc) is 2.43. The number of oxime groups is 1. The molecule has 6 heteroatoms. The number of aliphatic hydroxyl groups excluding tert-OH is 1. The van der Waals surface area contributed by atoms with Gasteiger partial charge in [-0.2, -0.15) is 0 Å². The van der Waals surface area contributed by atoms with Crippen LogP contribution in [0.15, 0.2) is 23.4 Å². The second kappa shape index (κ2) is 7.70. The lowest BCUT2D eigenvalue weighted by molar-refractivity contribution is 0.159. The van der Waals surface area contributed by atoms with Gasteiger partial charge in [0, 0.05) is 12.1 Å². The third-order valence-electron chi connectivity index (χ3n) is 2.90. The van der Waals surface area contributed by atoms with E-state index in [1.807, 2.05) is 6.92 Å². The zero-order chi connectivity index (χ0) is 14.3. The summed E-state index contributed by atoms with van der Waals surface area (Å²) in [4.78, 5) is 0. The summed E-state index contributed by atoms with van der Waals surface area (Å²) in [6.07, 6.45) is 1.05. The fraction of sp³-hybridized carbons (Fsp3) is 0.462. The van der Waals surface area contributed by atoms with E-state index >= 15 is 0 Å². The van der Waals surface area contributed by atoms with Crippen molar-refractivity contribution in [1.82, 2.24) is 5.32 Å². The van der Waals surface area contributed by atoms with Crippen molar-refractivity contribution < 1.29 is 14.7 Å². The number of hydrogen-bond acceptors (Lipinski definition) is 4. The van der Waals surface area contributed by atoms with E-state index in [1.165, 1.54) is 12.1 Å². The molecule has 0 aromatic heterocycles. The number of rotatable bonds is 7. The van der Waals surface area contributed by atoms with Gasteiger partial charge in [-0.1, -0.05) is 18.1 Å². The average molecular weight is 269 g/mol. The Morgan fingerprint density at radius 3 is 2.89 bits per heavy atom. The Morgan fingerprint density at radius 2 is 2.26 bits per heavy atom. The van der Waals surface area contributed by atoms with Gasteiger partial charge in [-0.15, -0.1) is 0 Å². The first-order valence-corrected chi connectivity index (χ1v) is 6.23. The fourth-order valence-electron chi connectivity index (χ4n) is 1.69. The van der Waals surface area contributed by atoms with Gasteiger partial charge in [0.25, 0.3) is 0 Å². The molecule has 106 valence electrons. The van der Waals surface area contributed by atoms with Crippen LogP contribution in [0.3, 0.4) is 0 Å². The molecule has 1 aromatic carbocycles. The topological polar surface area (TPSA) is 90.9 Å². The highest BCUT2D eigenvalue weighted by Gasteiger charge is 2.08. The van der Waals surface area contributed by atoms with Gasteiger partial charge >= 0.3 is 0 Å². The van der Waals surface area contributed by atoms with Crippen molar-refractivity contribution in [3.05, 3.63) is 35.1 Å². The van der Waals surface area contributed by atoms with Crippen LogP contribution in [0, 0.1) is 5.82 Å². The van der Waals surface area contributed by atoms with E-state index in [4.69, 9.17) is 10.9 Å². The summed E-state index contributed by atoms with van der Waals surface area (Å²) in [5.74, 6) is -0.559. The Kier molecular flexibility index (Phi) is 6.24. The third-order valence-corrected chi connectivity index (χ3v) is 2.90. The molecule has 1 unspecified atom stereocenters. The lowest BCUT2D eigenvalue weighted by Gasteiger charge is -2.11. The summed E-state index contributed by atoms with van der Waals surface area (Å²) in [6.45, 7) is 3.02. The number of amidine groups is 1. The van der Waals surface area contributed by atoms with Gasteiger partial charge in [0.15, 0.2) is 5.84 Å². The Balaban J connectivity index is 2.63. The van der Waals surface area contributed by atoms with Crippen LogP contribution >= 0.6 is 0 Å². The molecular formula is C13H20FN3O2. The largest absolute Gasteiger partial charge is 0.409 e. The Hall–Kier alpha value is -1.66. The highest BCUT2D eigenvalue weighted by Crippen LogP contribution is 2.11. The summed E-state index contributed by atoms with van der Waals surface area (Å²) in [6, 6.07) is 4.14. The van der Waals surface area contributed by atoms with E-state index in [0.717, 1.165) is 5.56 Å². The molecule has 0 aliphatic heterocycles. The highest BCUT2D eigenvalue weighted by atomic mass is 19.1. The molecule has 0 bridgehead atoms. The quantitative estimate of drug-likeness (QED) is 0.197. The minimum absolute atomic E-state index is 0.120. The van der Waals surface area contributed by atoms with Crippen molar-refractivity contribution in [3.63, 3.8) is 0 Å². The van der Waals surface area contributed by atoms with Crippen molar-refractivity contribution in [2.45, 2.75) is 32.4 Å². The molecule has 1 atom stereocenters. The number of nitrogens with zero attached hydrogens (tertiary/aromatic N) is 1. The van der Waals surface area contributed by atoms with E-state index in [-0.39, 0.29) is 11.9 Å². The molecular weight excluding hydrogens is 249 g/mol. The van der Waals surface area contributed by atoms with Gasteiger partial charge in [-0.05, 0) is 37.1 Å². The second-order valence-corrected chi connectivity index (χ2v) is 4.31. The first-order chi connectivity index (χ1) is 9.08. The standard InChI is InChI=1S/C13H20FN3O2/c1-2-11(18)5-6-16-8-9-3-4-10(14)7-12(9)13(15)17-19/h3-4,7,11,16,18-19H,2,5-6,8H2,1H3,(H2,15,17). The van der Waals surface area contributed by atoms with Crippen molar-refractivity contribution in [1.29, 1.82) is 0 Å². The van der Waals surface area contributed by atoms with Gasteiger partial charge in [-0.25, -0.2) is 4.39 Å². The summed E-state index contributed by atoms with van der Waals surface area (Å²) in [5.41, 5.74) is 6.61. The van der Waals surface area contributed by atoms with Crippen LogP contribution in [-0.2, 0) is 6.54 Å². The smallest absolute Gasteiger partial charge is 0.170 e. The van der Waals surface area contributed by atoms with Gasteiger partial charge in [-0.3, -0.25) is 0 Å². The molecule has 1 rings (SSSR count).